The molecule has 1 aliphatic heterocycles. The molecule has 2 heterocycles. The van der Waals surface area contributed by atoms with Crippen LogP contribution in [-0.2, 0) is 4.79 Å². The van der Waals surface area contributed by atoms with Gasteiger partial charge in [-0.2, -0.15) is 0 Å². The Balaban J connectivity index is 1.99. The zero-order valence-electron chi connectivity index (χ0n) is 9.30. The number of aliphatic hydroxyl groups is 1. The van der Waals surface area contributed by atoms with Crippen LogP contribution < -0.4 is 0 Å². The van der Waals surface area contributed by atoms with Crippen molar-refractivity contribution in [3.8, 4) is 0 Å². The van der Waals surface area contributed by atoms with Crippen molar-refractivity contribution in [3.05, 3.63) is 27.4 Å². The van der Waals surface area contributed by atoms with Crippen LogP contribution in [-0.4, -0.2) is 35.1 Å². The molecule has 1 aliphatic rings. The lowest BCUT2D eigenvalue weighted by atomic mass is 10.2. The van der Waals surface area contributed by atoms with E-state index in [1.807, 2.05) is 12.1 Å². The van der Waals surface area contributed by atoms with Gasteiger partial charge in [0.15, 0.2) is 0 Å². The Hall–Kier alpha value is -0.840. The molecule has 1 fully saturated rings. The van der Waals surface area contributed by atoms with Crippen LogP contribution in [0.1, 0.15) is 17.7 Å². The molecule has 1 N–H and O–H groups in total. The van der Waals surface area contributed by atoms with Crippen molar-refractivity contribution in [2.45, 2.75) is 18.9 Å². The van der Waals surface area contributed by atoms with Gasteiger partial charge in [0.2, 0.25) is 5.91 Å². The van der Waals surface area contributed by atoms with Gasteiger partial charge in [0.05, 0.1) is 17.0 Å². The third kappa shape index (κ3) is 3.09. The number of thiophene rings is 1. The van der Waals surface area contributed by atoms with Crippen molar-refractivity contribution in [3.63, 3.8) is 0 Å². The van der Waals surface area contributed by atoms with Crippen LogP contribution in [0.25, 0.3) is 6.08 Å². The van der Waals surface area contributed by atoms with E-state index in [1.165, 1.54) is 11.3 Å². The number of carbonyl (C=O) groups is 1. The second-order valence-corrected chi connectivity index (χ2v) is 5.73. The smallest absolute Gasteiger partial charge is 0.246 e. The molecule has 2 rings (SSSR count). The minimum absolute atomic E-state index is 0.0147. The summed E-state index contributed by atoms with van der Waals surface area (Å²) in [7, 11) is 0. The van der Waals surface area contributed by atoms with Gasteiger partial charge in [-0.15, -0.1) is 11.3 Å². The molecule has 0 radical (unpaired) electrons. The molecule has 1 aromatic rings. The fourth-order valence-corrected chi connectivity index (χ4v) is 2.95. The van der Waals surface area contributed by atoms with Gasteiger partial charge in [-0.05, 0) is 31.1 Å². The van der Waals surface area contributed by atoms with E-state index in [2.05, 4.69) is 0 Å². The van der Waals surface area contributed by atoms with Gasteiger partial charge in [-0.3, -0.25) is 4.79 Å². The van der Waals surface area contributed by atoms with Crippen LogP contribution in [0.15, 0.2) is 18.2 Å². The first-order valence-corrected chi connectivity index (χ1v) is 6.75. The standard InChI is InChI=1S/C12H14ClNO2S/c13-11-5-3-10(17-11)4-6-12(16)14-7-1-2-9(14)8-15/h3-6,9,15H,1-2,7-8H2/t9-/m0/s1. The second-order valence-electron chi connectivity index (χ2n) is 3.99. The molecule has 0 bridgehead atoms. The molecule has 1 aromatic heterocycles. The lowest BCUT2D eigenvalue weighted by molar-refractivity contribution is -0.127. The fraction of sp³-hybridized carbons (Fsp3) is 0.417. The molecule has 1 amide bonds. The number of hydrogen-bond donors (Lipinski definition) is 1. The molecular formula is C12H14ClNO2S. The molecule has 1 saturated heterocycles. The van der Waals surface area contributed by atoms with Crippen LogP contribution in [0, 0.1) is 0 Å². The molecule has 0 aliphatic carbocycles. The highest BCUT2D eigenvalue weighted by Gasteiger charge is 2.26. The highest BCUT2D eigenvalue weighted by atomic mass is 35.5. The molecule has 17 heavy (non-hydrogen) atoms. The van der Waals surface area contributed by atoms with Gasteiger partial charge in [0.1, 0.15) is 0 Å². The first kappa shape index (κ1) is 12.6. The van der Waals surface area contributed by atoms with Crippen molar-refractivity contribution in [1.82, 2.24) is 4.90 Å². The minimum Gasteiger partial charge on any atom is -0.394 e. The molecule has 3 nitrogen and oxygen atoms in total. The first-order valence-electron chi connectivity index (χ1n) is 5.55. The maximum absolute atomic E-state index is 11.9. The summed E-state index contributed by atoms with van der Waals surface area (Å²) in [6.07, 6.45) is 5.18. The molecule has 0 aromatic carbocycles. The van der Waals surface area contributed by atoms with E-state index < -0.39 is 0 Å². The van der Waals surface area contributed by atoms with E-state index in [1.54, 1.807) is 17.1 Å². The highest BCUT2D eigenvalue weighted by Crippen LogP contribution is 2.23. The Morgan fingerprint density at radius 1 is 1.65 bits per heavy atom. The topological polar surface area (TPSA) is 40.5 Å². The van der Waals surface area contributed by atoms with E-state index in [4.69, 9.17) is 16.7 Å². The van der Waals surface area contributed by atoms with Crippen molar-refractivity contribution in [2.75, 3.05) is 13.2 Å². The van der Waals surface area contributed by atoms with Gasteiger partial charge in [0, 0.05) is 17.5 Å². The van der Waals surface area contributed by atoms with Gasteiger partial charge >= 0.3 is 0 Å². The summed E-state index contributed by atoms with van der Waals surface area (Å²) < 4.78 is 0.714. The molecular weight excluding hydrogens is 258 g/mol. The predicted octanol–water partition coefficient (Wildman–Crippen LogP) is 2.40. The molecule has 1 atom stereocenters. The lowest BCUT2D eigenvalue weighted by Gasteiger charge is -2.21. The number of aliphatic hydroxyl groups excluding tert-OH is 1. The summed E-state index contributed by atoms with van der Waals surface area (Å²) in [6, 6.07) is 3.67. The number of rotatable bonds is 3. The van der Waals surface area contributed by atoms with Crippen molar-refractivity contribution < 1.29 is 9.90 Å². The quantitative estimate of drug-likeness (QED) is 0.858. The zero-order valence-corrected chi connectivity index (χ0v) is 10.9. The molecule has 0 spiro atoms. The summed E-state index contributed by atoms with van der Waals surface area (Å²) in [5, 5.41) is 9.14. The largest absolute Gasteiger partial charge is 0.394 e. The van der Waals surface area contributed by atoms with E-state index in [0.29, 0.717) is 4.34 Å². The first-order chi connectivity index (χ1) is 8.20. The maximum atomic E-state index is 11.9. The van der Waals surface area contributed by atoms with Crippen LogP contribution in [0.5, 0.6) is 0 Å². The Kier molecular flexibility index (Phi) is 4.20. The molecule has 0 saturated carbocycles. The molecule has 5 heteroatoms. The van der Waals surface area contributed by atoms with Crippen LogP contribution >= 0.6 is 22.9 Å². The number of amides is 1. The van der Waals surface area contributed by atoms with E-state index >= 15 is 0 Å². The number of hydrogen-bond acceptors (Lipinski definition) is 3. The Morgan fingerprint density at radius 3 is 3.12 bits per heavy atom. The Morgan fingerprint density at radius 2 is 2.47 bits per heavy atom. The van der Waals surface area contributed by atoms with Gasteiger partial charge in [0.25, 0.3) is 0 Å². The number of halogens is 1. The summed E-state index contributed by atoms with van der Waals surface area (Å²) >= 11 is 7.24. The highest BCUT2D eigenvalue weighted by molar-refractivity contribution is 7.17. The maximum Gasteiger partial charge on any atom is 0.246 e. The molecule has 0 unspecified atom stereocenters. The van der Waals surface area contributed by atoms with Crippen LogP contribution in [0.2, 0.25) is 4.34 Å². The zero-order chi connectivity index (χ0) is 12.3. The summed E-state index contributed by atoms with van der Waals surface area (Å²) in [6.45, 7) is 0.782. The minimum atomic E-state index is -0.0360. The van der Waals surface area contributed by atoms with Gasteiger partial charge < -0.3 is 10.0 Å². The summed E-state index contributed by atoms with van der Waals surface area (Å²) in [5.41, 5.74) is 0. The van der Waals surface area contributed by atoms with Crippen molar-refractivity contribution >= 4 is 34.9 Å². The summed E-state index contributed by atoms with van der Waals surface area (Å²) in [4.78, 5) is 14.6. The average Bonchev–Trinajstić information content (AvgIpc) is 2.94. The number of nitrogens with zero attached hydrogens (tertiary/aromatic N) is 1. The normalized spacial score (nSPS) is 20.4. The van der Waals surface area contributed by atoms with Crippen LogP contribution in [0.3, 0.4) is 0 Å². The predicted molar refractivity (Wildman–Crippen MR) is 70.2 cm³/mol. The van der Waals surface area contributed by atoms with Crippen molar-refractivity contribution in [2.24, 2.45) is 0 Å². The van der Waals surface area contributed by atoms with E-state index in [-0.39, 0.29) is 18.6 Å². The SMILES string of the molecule is O=C(C=Cc1ccc(Cl)s1)N1CCC[C@H]1CO. The summed E-state index contributed by atoms with van der Waals surface area (Å²) in [5.74, 6) is -0.0360. The monoisotopic (exact) mass is 271 g/mol. The van der Waals surface area contributed by atoms with Gasteiger partial charge in [-0.25, -0.2) is 0 Å². The molecule has 92 valence electrons. The van der Waals surface area contributed by atoms with Crippen molar-refractivity contribution in [1.29, 1.82) is 0 Å². The lowest BCUT2D eigenvalue weighted by Crippen LogP contribution is -2.36. The van der Waals surface area contributed by atoms with E-state index in [9.17, 15) is 4.79 Å². The third-order valence-corrected chi connectivity index (χ3v) is 4.05. The Bertz CT molecular complexity index is 430. The average molecular weight is 272 g/mol. The number of carbonyl (C=O) groups excluding carboxylic acids is 1. The Labute approximate surface area is 109 Å². The van der Waals surface area contributed by atoms with E-state index in [0.717, 1.165) is 24.3 Å². The fourth-order valence-electron chi connectivity index (χ4n) is 1.98. The second kappa shape index (κ2) is 5.67. The third-order valence-electron chi connectivity index (χ3n) is 2.86. The van der Waals surface area contributed by atoms with Gasteiger partial charge in [-0.1, -0.05) is 11.6 Å². The van der Waals surface area contributed by atoms with Crippen LogP contribution in [0.4, 0.5) is 0 Å². The number of likely N-dealkylation sites (tertiary alicyclic amines) is 1.